The van der Waals surface area contributed by atoms with Crippen molar-refractivity contribution >= 4 is 5.91 Å². The lowest BCUT2D eigenvalue weighted by Crippen LogP contribution is -2.40. The number of carbonyl (C=O) groups excluding carboxylic acids is 1. The van der Waals surface area contributed by atoms with Crippen molar-refractivity contribution < 1.29 is 4.79 Å². The van der Waals surface area contributed by atoms with E-state index >= 15 is 0 Å². The van der Waals surface area contributed by atoms with E-state index in [4.69, 9.17) is 0 Å². The number of hydrazine groups is 1. The van der Waals surface area contributed by atoms with Crippen LogP contribution in [0.15, 0.2) is 43.0 Å². The first-order valence-electron chi connectivity index (χ1n) is 5.23. The highest BCUT2D eigenvalue weighted by atomic mass is 16.2. The maximum Gasteiger partial charge on any atom is 0.257 e. The van der Waals surface area contributed by atoms with Gasteiger partial charge in [-0.3, -0.25) is 10.2 Å². The number of carbonyl (C=O) groups is 1. The van der Waals surface area contributed by atoms with E-state index in [9.17, 15) is 4.79 Å². The van der Waals surface area contributed by atoms with Gasteiger partial charge in [0, 0.05) is 19.6 Å². The van der Waals surface area contributed by atoms with Crippen LogP contribution in [0.5, 0.6) is 0 Å². The van der Waals surface area contributed by atoms with Gasteiger partial charge in [0.25, 0.3) is 5.91 Å². The molecule has 0 bridgehead atoms. The third-order valence-electron chi connectivity index (χ3n) is 2.00. The van der Waals surface area contributed by atoms with Gasteiger partial charge in [0.2, 0.25) is 0 Å². The smallest absolute Gasteiger partial charge is 0.257 e. The van der Waals surface area contributed by atoms with E-state index < -0.39 is 0 Å². The van der Waals surface area contributed by atoms with Crippen LogP contribution in [0.3, 0.4) is 0 Å². The van der Waals surface area contributed by atoms with Gasteiger partial charge in [0.1, 0.15) is 0 Å². The maximum atomic E-state index is 10.8. The normalized spacial score (nSPS) is 9.75. The molecule has 1 amide bonds. The van der Waals surface area contributed by atoms with Crippen LogP contribution >= 0.6 is 0 Å². The summed E-state index contributed by atoms with van der Waals surface area (Å²) in [5.74, 6) is -0.219. The average molecular weight is 219 g/mol. The Morgan fingerprint density at radius 1 is 1.25 bits per heavy atom. The molecule has 4 nitrogen and oxygen atoms in total. The summed E-state index contributed by atoms with van der Waals surface area (Å²) in [5.41, 5.74) is 6.52. The molecule has 4 heteroatoms. The Hall–Kier alpha value is -1.65. The highest BCUT2D eigenvalue weighted by Gasteiger charge is 1.92. The Bertz CT molecular complexity index is 324. The predicted octanol–water partition coefficient (Wildman–Crippen LogP) is 0.583. The Morgan fingerprint density at radius 3 is 2.69 bits per heavy atom. The highest BCUT2D eigenvalue weighted by molar-refractivity contribution is 5.86. The van der Waals surface area contributed by atoms with E-state index in [0.717, 1.165) is 13.1 Å². The molecule has 0 unspecified atom stereocenters. The van der Waals surface area contributed by atoms with E-state index in [1.165, 1.54) is 11.6 Å². The van der Waals surface area contributed by atoms with E-state index in [2.05, 4.69) is 34.9 Å². The fraction of sp³-hybridized carbons (Fsp3) is 0.250. The van der Waals surface area contributed by atoms with Gasteiger partial charge in [-0.15, -0.1) is 0 Å². The van der Waals surface area contributed by atoms with Crippen LogP contribution in [0.1, 0.15) is 5.56 Å². The van der Waals surface area contributed by atoms with Crippen LogP contribution < -0.4 is 16.2 Å². The molecule has 0 atom stereocenters. The van der Waals surface area contributed by atoms with Crippen LogP contribution in [-0.2, 0) is 11.3 Å². The first-order valence-corrected chi connectivity index (χ1v) is 5.23. The molecule has 86 valence electrons. The third-order valence-corrected chi connectivity index (χ3v) is 2.00. The zero-order valence-corrected chi connectivity index (χ0v) is 9.20. The molecule has 1 rings (SSSR count). The van der Waals surface area contributed by atoms with Gasteiger partial charge in [-0.1, -0.05) is 36.9 Å². The summed E-state index contributed by atoms with van der Waals surface area (Å²) < 4.78 is 0. The summed E-state index contributed by atoms with van der Waals surface area (Å²) in [6.45, 7) is 5.64. The lowest BCUT2D eigenvalue weighted by molar-refractivity contribution is -0.117. The second kappa shape index (κ2) is 7.62. The first kappa shape index (κ1) is 12.4. The number of hydrogen-bond acceptors (Lipinski definition) is 3. The molecule has 0 spiro atoms. The standard InChI is InChI=1S/C12H17N3O/c1-2-12(16)15-14-9-8-13-10-11-6-4-3-5-7-11/h2-7,13-14H,1,8-10H2,(H,15,16). The fourth-order valence-electron chi connectivity index (χ4n) is 1.18. The molecule has 3 N–H and O–H groups in total. The molecule has 0 saturated carbocycles. The van der Waals surface area contributed by atoms with Gasteiger partial charge >= 0.3 is 0 Å². The number of benzene rings is 1. The van der Waals surface area contributed by atoms with Crippen molar-refractivity contribution in [2.75, 3.05) is 13.1 Å². The minimum absolute atomic E-state index is 0.219. The molecule has 0 saturated heterocycles. The highest BCUT2D eigenvalue weighted by Crippen LogP contribution is 1.96. The predicted molar refractivity (Wildman–Crippen MR) is 64.5 cm³/mol. The molecular formula is C12H17N3O. The second-order valence-corrected chi connectivity index (χ2v) is 3.28. The molecule has 0 aromatic heterocycles. The summed E-state index contributed by atoms with van der Waals surface area (Å²) >= 11 is 0. The topological polar surface area (TPSA) is 53.2 Å². The summed E-state index contributed by atoms with van der Waals surface area (Å²) in [6.07, 6.45) is 1.23. The van der Waals surface area contributed by atoms with E-state index in [1.54, 1.807) is 0 Å². The molecule has 0 aliphatic carbocycles. The summed E-state index contributed by atoms with van der Waals surface area (Å²) in [6, 6.07) is 10.2. The largest absolute Gasteiger partial charge is 0.311 e. The second-order valence-electron chi connectivity index (χ2n) is 3.28. The van der Waals surface area contributed by atoms with E-state index in [0.29, 0.717) is 6.54 Å². The fourth-order valence-corrected chi connectivity index (χ4v) is 1.18. The average Bonchev–Trinajstić information content (AvgIpc) is 2.34. The van der Waals surface area contributed by atoms with Crippen molar-refractivity contribution in [2.24, 2.45) is 0 Å². The number of hydrogen-bond donors (Lipinski definition) is 3. The lowest BCUT2D eigenvalue weighted by atomic mass is 10.2. The first-order chi connectivity index (χ1) is 7.83. The van der Waals surface area contributed by atoms with Crippen molar-refractivity contribution in [3.8, 4) is 0 Å². The quantitative estimate of drug-likeness (QED) is 0.357. The van der Waals surface area contributed by atoms with E-state index in [1.807, 2.05) is 18.2 Å². The summed E-state index contributed by atoms with van der Waals surface area (Å²) in [5, 5.41) is 3.25. The van der Waals surface area contributed by atoms with Gasteiger partial charge in [0.15, 0.2) is 0 Å². The summed E-state index contributed by atoms with van der Waals surface area (Å²) in [7, 11) is 0. The number of amides is 1. The zero-order chi connectivity index (χ0) is 11.6. The molecule has 0 aliphatic rings. The van der Waals surface area contributed by atoms with Crippen molar-refractivity contribution in [1.82, 2.24) is 16.2 Å². The zero-order valence-electron chi connectivity index (χ0n) is 9.20. The lowest BCUT2D eigenvalue weighted by Gasteiger charge is -2.06. The molecule has 16 heavy (non-hydrogen) atoms. The third kappa shape index (κ3) is 5.29. The van der Waals surface area contributed by atoms with Crippen LogP contribution in [0.4, 0.5) is 0 Å². The maximum absolute atomic E-state index is 10.8. The van der Waals surface area contributed by atoms with Crippen molar-refractivity contribution in [1.29, 1.82) is 0 Å². The molecule has 0 radical (unpaired) electrons. The Balaban J connectivity index is 2.00. The Labute approximate surface area is 95.7 Å². The van der Waals surface area contributed by atoms with Gasteiger partial charge in [-0.2, -0.15) is 0 Å². The molecule has 0 fully saturated rings. The number of nitrogens with one attached hydrogen (secondary N) is 3. The van der Waals surface area contributed by atoms with Gasteiger partial charge in [-0.05, 0) is 11.6 Å². The number of rotatable bonds is 7. The van der Waals surface area contributed by atoms with Crippen LogP contribution in [0.2, 0.25) is 0 Å². The Kier molecular flexibility index (Phi) is 5.91. The molecule has 0 aliphatic heterocycles. The molecule has 0 heterocycles. The minimum Gasteiger partial charge on any atom is -0.311 e. The molecule has 1 aromatic carbocycles. The van der Waals surface area contributed by atoms with Crippen LogP contribution in [0, 0.1) is 0 Å². The van der Waals surface area contributed by atoms with Crippen molar-refractivity contribution in [3.63, 3.8) is 0 Å². The van der Waals surface area contributed by atoms with Crippen molar-refractivity contribution in [2.45, 2.75) is 6.54 Å². The Morgan fingerprint density at radius 2 is 2.00 bits per heavy atom. The van der Waals surface area contributed by atoms with Crippen molar-refractivity contribution in [3.05, 3.63) is 48.6 Å². The van der Waals surface area contributed by atoms with Gasteiger partial charge in [-0.25, -0.2) is 5.43 Å². The summed E-state index contributed by atoms with van der Waals surface area (Å²) in [4.78, 5) is 10.8. The minimum atomic E-state index is -0.219. The molecule has 1 aromatic rings. The van der Waals surface area contributed by atoms with Gasteiger partial charge in [0.05, 0.1) is 0 Å². The van der Waals surface area contributed by atoms with Gasteiger partial charge < -0.3 is 5.32 Å². The monoisotopic (exact) mass is 219 g/mol. The van der Waals surface area contributed by atoms with Crippen LogP contribution in [0.25, 0.3) is 0 Å². The van der Waals surface area contributed by atoms with Crippen LogP contribution in [-0.4, -0.2) is 19.0 Å². The van der Waals surface area contributed by atoms with E-state index in [-0.39, 0.29) is 5.91 Å². The SMILES string of the molecule is C=CC(=O)NNCCNCc1ccccc1. The molecular weight excluding hydrogens is 202 g/mol.